The highest BCUT2D eigenvalue weighted by molar-refractivity contribution is 7.22. The lowest BCUT2D eigenvalue weighted by atomic mass is 10.1. The Morgan fingerprint density at radius 2 is 1.33 bits per heavy atom. The molecule has 1 heterocycles. The van der Waals surface area contributed by atoms with Crippen LogP contribution in [0, 0.1) is 0 Å². The summed E-state index contributed by atoms with van der Waals surface area (Å²) in [6, 6.07) is 23.4. The summed E-state index contributed by atoms with van der Waals surface area (Å²) < 4.78 is 1.02. The number of nitrogens with zero attached hydrogens (tertiary/aromatic N) is 1. The molecule has 27 heavy (non-hydrogen) atoms. The van der Waals surface area contributed by atoms with E-state index in [9.17, 15) is 9.59 Å². The molecule has 0 spiro atoms. The molecule has 3 aromatic carbocycles. The van der Waals surface area contributed by atoms with Crippen LogP contribution >= 0.6 is 11.3 Å². The standard InChI is InChI=1S/C21H15N3O2S/c25-19(14-6-2-1-3-7-14)22-16-12-10-15(11-13-16)20(26)24-21-23-17-8-4-5-9-18(17)27-21/h1-13H,(H,22,25)(H,23,24,26). The number of fused-ring (bicyclic) bond motifs is 1. The van der Waals surface area contributed by atoms with Crippen LogP contribution in [-0.2, 0) is 0 Å². The van der Waals surface area contributed by atoms with Crippen LogP contribution in [0.5, 0.6) is 0 Å². The number of anilines is 2. The Balaban J connectivity index is 1.43. The molecule has 0 aliphatic heterocycles. The van der Waals surface area contributed by atoms with Gasteiger partial charge in [-0.05, 0) is 48.5 Å². The van der Waals surface area contributed by atoms with Gasteiger partial charge in [-0.3, -0.25) is 14.9 Å². The quantitative estimate of drug-likeness (QED) is 0.540. The van der Waals surface area contributed by atoms with Crippen molar-refractivity contribution in [3.05, 3.63) is 90.0 Å². The molecule has 0 aliphatic carbocycles. The summed E-state index contributed by atoms with van der Waals surface area (Å²) in [7, 11) is 0. The van der Waals surface area contributed by atoms with Crippen molar-refractivity contribution in [2.45, 2.75) is 0 Å². The van der Waals surface area contributed by atoms with Gasteiger partial charge in [-0.1, -0.05) is 41.7 Å². The van der Waals surface area contributed by atoms with Crippen molar-refractivity contribution in [1.29, 1.82) is 0 Å². The smallest absolute Gasteiger partial charge is 0.257 e. The van der Waals surface area contributed by atoms with Gasteiger partial charge in [0.15, 0.2) is 5.13 Å². The van der Waals surface area contributed by atoms with Gasteiger partial charge in [-0.2, -0.15) is 0 Å². The molecule has 4 aromatic rings. The normalized spacial score (nSPS) is 10.5. The Labute approximate surface area is 159 Å². The Morgan fingerprint density at radius 3 is 2.07 bits per heavy atom. The Bertz CT molecular complexity index is 1070. The third-order valence-corrected chi connectivity index (χ3v) is 4.91. The number of aromatic nitrogens is 1. The molecule has 5 nitrogen and oxygen atoms in total. The first-order valence-electron chi connectivity index (χ1n) is 8.32. The molecule has 6 heteroatoms. The Morgan fingerprint density at radius 1 is 0.704 bits per heavy atom. The number of nitrogens with one attached hydrogen (secondary N) is 2. The largest absolute Gasteiger partial charge is 0.322 e. The molecule has 0 unspecified atom stereocenters. The predicted molar refractivity (Wildman–Crippen MR) is 108 cm³/mol. The second kappa shape index (κ2) is 7.39. The van der Waals surface area contributed by atoms with Gasteiger partial charge in [0.25, 0.3) is 11.8 Å². The number of thiazole rings is 1. The van der Waals surface area contributed by atoms with Gasteiger partial charge in [0, 0.05) is 16.8 Å². The monoisotopic (exact) mass is 373 g/mol. The third-order valence-electron chi connectivity index (χ3n) is 3.96. The maximum atomic E-state index is 12.4. The van der Waals surface area contributed by atoms with Gasteiger partial charge in [-0.25, -0.2) is 4.98 Å². The summed E-state index contributed by atoms with van der Waals surface area (Å²) in [6.45, 7) is 0. The minimum atomic E-state index is -0.241. The number of rotatable bonds is 4. The number of benzene rings is 3. The molecule has 2 N–H and O–H groups in total. The van der Waals surface area contributed by atoms with Crippen molar-refractivity contribution in [1.82, 2.24) is 4.98 Å². The molecule has 0 saturated heterocycles. The predicted octanol–water partition coefficient (Wildman–Crippen LogP) is 4.80. The average Bonchev–Trinajstić information content (AvgIpc) is 3.11. The fourth-order valence-electron chi connectivity index (χ4n) is 2.59. The maximum absolute atomic E-state index is 12.4. The Hall–Kier alpha value is -3.51. The summed E-state index contributed by atoms with van der Waals surface area (Å²) in [5.74, 6) is -0.433. The minimum absolute atomic E-state index is 0.192. The summed E-state index contributed by atoms with van der Waals surface area (Å²) in [5, 5.41) is 6.18. The second-order valence-electron chi connectivity index (χ2n) is 5.84. The highest BCUT2D eigenvalue weighted by Crippen LogP contribution is 2.25. The summed E-state index contributed by atoms with van der Waals surface area (Å²) >= 11 is 1.43. The molecule has 0 radical (unpaired) electrons. The number of hydrogen-bond acceptors (Lipinski definition) is 4. The lowest BCUT2D eigenvalue weighted by Crippen LogP contribution is -2.13. The van der Waals surface area contributed by atoms with Crippen LogP contribution in [0.4, 0.5) is 10.8 Å². The van der Waals surface area contributed by atoms with Gasteiger partial charge in [0.1, 0.15) is 0 Å². The summed E-state index contributed by atoms with van der Waals surface area (Å²) in [4.78, 5) is 29.0. The van der Waals surface area contributed by atoms with E-state index >= 15 is 0 Å². The van der Waals surface area contributed by atoms with Gasteiger partial charge >= 0.3 is 0 Å². The third kappa shape index (κ3) is 3.86. The lowest BCUT2D eigenvalue weighted by Gasteiger charge is -2.06. The fourth-order valence-corrected chi connectivity index (χ4v) is 3.45. The highest BCUT2D eigenvalue weighted by atomic mass is 32.1. The van der Waals surface area contributed by atoms with E-state index in [0.717, 1.165) is 10.2 Å². The molecular formula is C21H15N3O2S. The van der Waals surface area contributed by atoms with Crippen molar-refractivity contribution in [2.75, 3.05) is 10.6 Å². The van der Waals surface area contributed by atoms with E-state index in [0.29, 0.717) is 21.9 Å². The van der Waals surface area contributed by atoms with E-state index in [1.165, 1.54) is 11.3 Å². The van der Waals surface area contributed by atoms with Gasteiger partial charge < -0.3 is 5.32 Å². The van der Waals surface area contributed by atoms with E-state index in [1.807, 2.05) is 42.5 Å². The van der Waals surface area contributed by atoms with Crippen molar-refractivity contribution < 1.29 is 9.59 Å². The first-order chi connectivity index (χ1) is 13.2. The van der Waals surface area contributed by atoms with E-state index in [4.69, 9.17) is 0 Å². The van der Waals surface area contributed by atoms with Crippen LogP contribution in [0.15, 0.2) is 78.9 Å². The number of carbonyl (C=O) groups excluding carboxylic acids is 2. The molecule has 0 bridgehead atoms. The average molecular weight is 373 g/mol. The van der Waals surface area contributed by atoms with Crippen molar-refractivity contribution >= 4 is 44.2 Å². The molecular weight excluding hydrogens is 358 g/mol. The van der Waals surface area contributed by atoms with Gasteiger partial charge in [-0.15, -0.1) is 0 Å². The van der Waals surface area contributed by atoms with Crippen LogP contribution in [0.1, 0.15) is 20.7 Å². The molecule has 132 valence electrons. The Kier molecular flexibility index (Phi) is 4.63. The lowest BCUT2D eigenvalue weighted by molar-refractivity contribution is 0.102. The zero-order chi connectivity index (χ0) is 18.6. The topological polar surface area (TPSA) is 71.1 Å². The van der Waals surface area contributed by atoms with Crippen LogP contribution in [0.2, 0.25) is 0 Å². The SMILES string of the molecule is O=C(Nc1ccc(C(=O)Nc2nc3ccccc3s2)cc1)c1ccccc1. The van der Waals surface area contributed by atoms with Crippen molar-refractivity contribution in [3.63, 3.8) is 0 Å². The second-order valence-corrected chi connectivity index (χ2v) is 6.87. The van der Waals surface area contributed by atoms with Crippen LogP contribution < -0.4 is 10.6 Å². The van der Waals surface area contributed by atoms with E-state index < -0.39 is 0 Å². The zero-order valence-corrected chi connectivity index (χ0v) is 15.0. The van der Waals surface area contributed by atoms with Crippen molar-refractivity contribution in [3.8, 4) is 0 Å². The molecule has 2 amide bonds. The number of amides is 2. The zero-order valence-electron chi connectivity index (χ0n) is 14.2. The van der Waals surface area contributed by atoms with E-state index in [2.05, 4.69) is 15.6 Å². The number of hydrogen-bond donors (Lipinski definition) is 2. The minimum Gasteiger partial charge on any atom is -0.322 e. The summed E-state index contributed by atoms with van der Waals surface area (Å²) in [6.07, 6.45) is 0. The number of carbonyl (C=O) groups is 2. The molecule has 4 rings (SSSR count). The maximum Gasteiger partial charge on any atom is 0.257 e. The van der Waals surface area contributed by atoms with Gasteiger partial charge in [0.05, 0.1) is 10.2 Å². The van der Waals surface area contributed by atoms with Gasteiger partial charge in [0.2, 0.25) is 0 Å². The molecule has 0 aliphatic rings. The van der Waals surface area contributed by atoms with E-state index in [1.54, 1.807) is 36.4 Å². The fraction of sp³-hybridized carbons (Fsp3) is 0. The highest BCUT2D eigenvalue weighted by Gasteiger charge is 2.11. The molecule has 1 aromatic heterocycles. The summed E-state index contributed by atoms with van der Waals surface area (Å²) in [5.41, 5.74) is 2.55. The molecule has 0 fully saturated rings. The number of para-hydroxylation sites is 1. The molecule has 0 saturated carbocycles. The van der Waals surface area contributed by atoms with Crippen LogP contribution in [0.25, 0.3) is 10.2 Å². The van der Waals surface area contributed by atoms with Crippen LogP contribution in [-0.4, -0.2) is 16.8 Å². The van der Waals surface area contributed by atoms with Crippen LogP contribution in [0.3, 0.4) is 0 Å². The van der Waals surface area contributed by atoms with Crippen molar-refractivity contribution in [2.24, 2.45) is 0 Å². The first kappa shape index (κ1) is 16.9. The molecule has 0 atom stereocenters. The first-order valence-corrected chi connectivity index (χ1v) is 9.14. The van der Waals surface area contributed by atoms with E-state index in [-0.39, 0.29) is 11.8 Å².